The summed E-state index contributed by atoms with van der Waals surface area (Å²) in [6, 6.07) is 4.86. The van der Waals surface area contributed by atoms with Crippen LogP contribution in [0.5, 0.6) is 5.75 Å². The Hall–Kier alpha value is -2.63. The summed E-state index contributed by atoms with van der Waals surface area (Å²) in [6.45, 7) is 2.17. The molecule has 0 aliphatic rings. The number of aryl methyl sites for hydroxylation is 1. The minimum atomic E-state index is -0.509. The number of phenols is 1. The van der Waals surface area contributed by atoms with Gasteiger partial charge in [-0.3, -0.25) is 9.52 Å². The summed E-state index contributed by atoms with van der Waals surface area (Å²) >= 11 is 4.05. The van der Waals surface area contributed by atoms with E-state index in [4.69, 9.17) is 0 Å². The van der Waals surface area contributed by atoms with Crippen LogP contribution in [0, 0.1) is 6.92 Å². The second-order valence-corrected chi connectivity index (χ2v) is 8.33. The highest BCUT2D eigenvalue weighted by Gasteiger charge is 2.16. The zero-order valence-electron chi connectivity index (χ0n) is 15.8. The number of hydrogen-bond donors (Lipinski definition) is 3. The van der Waals surface area contributed by atoms with Crippen molar-refractivity contribution in [1.82, 2.24) is 20.0 Å². The summed E-state index contributed by atoms with van der Waals surface area (Å²) < 4.78 is 7.14. The van der Waals surface area contributed by atoms with Crippen molar-refractivity contribution >= 4 is 46.6 Å². The molecule has 2 heterocycles. The van der Waals surface area contributed by atoms with Gasteiger partial charge in [-0.15, -0.1) is 22.7 Å². The van der Waals surface area contributed by atoms with Crippen LogP contribution in [-0.4, -0.2) is 40.4 Å². The summed E-state index contributed by atoms with van der Waals surface area (Å²) in [6.07, 6.45) is 1.23. The van der Waals surface area contributed by atoms with Crippen LogP contribution in [0.1, 0.15) is 21.1 Å². The zero-order valence-corrected chi connectivity index (χ0v) is 18.3. The number of amides is 2. The maximum atomic E-state index is 11.9. The minimum absolute atomic E-state index is 0.101. The number of ether oxygens (including phenoxy) is 1. The molecular weight excluding hydrogens is 432 g/mol. The fourth-order valence-electron chi connectivity index (χ4n) is 2.50. The molecule has 0 saturated carbocycles. The first-order valence-electron chi connectivity index (χ1n) is 8.33. The molecule has 29 heavy (non-hydrogen) atoms. The average molecular weight is 451 g/mol. The van der Waals surface area contributed by atoms with E-state index in [9.17, 15) is 14.7 Å². The highest BCUT2D eigenvalue weighted by atomic mass is 32.2. The Labute approximate surface area is 179 Å². The molecular formula is C18H18N4O4S3. The monoisotopic (exact) mass is 450 g/mol. The number of thiazole rings is 2. The summed E-state index contributed by atoms with van der Waals surface area (Å²) in [7, 11) is 1.31. The lowest BCUT2D eigenvalue weighted by molar-refractivity contribution is 0.0982. The Morgan fingerprint density at radius 2 is 2.10 bits per heavy atom. The van der Waals surface area contributed by atoms with Gasteiger partial charge in [0.05, 0.1) is 35.5 Å². The van der Waals surface area contributed by atoms with Gasteiger partial charge < -0.3 is 15.2 Å². The van der Waals surface area contributed by atoms with Crippen molar-refractivity contribution in [3.63, 3.8) is 0 Å². The first-order chi connectivity index (χ1) is 13.9. The van der Waals surface area contributed by atoms with E-state index in [0.717, 1.165) is 21.3 Å². The van der Waals surface area contributed by atoms with Gasteiger partial charge in [-0.2, -0.15) is 0 Å². The first-order valence-corrected chi connectivity index (χ1v) is 11.3. The Kier molecular flexibility index (Phi) is 6.72. The smallest absolute Gasteiger partial charge is 0.407 e. The van der Waals surface area contributed by atoms with E-state index >= 15 is 0 Å². The first kappa shape index (κ1) is 21.1. The number of rotatable bonds is 6. The number of methoxy groups -OCH3 is 1. The third-order valence-corrected chi connectivity index (χ3v) is 6.29. The number of aromatic nitrogens is 2. The fraction of sp³-hybridized carbons (Fsp3) is 0.222. The molecule has 0 radical (unpaired) electrons. The Morgan fingerprint density at radius 3 is 2.79 bits per heavy atom. The minimum Gasteiger partial charge on any atom is -0.507 e. The molecule has 3 aromatic rings. The standard InChI is InChI=1S/C18H18N4O4S3/c1-9-15(29-14(20-9)7-19-18(25)26-2)12-8-28-17(21-12)10-4-5-11(13(23)6-10)16(24)22-27-3/h4-6,8,23H,7H2,1-3H3,(H,19,25)(H,22,24). The quantitative estimate of drug-likeness (QED) is 0.489. The van der Waals surface area contributed by atoms with Gasteiger partial charge >= 0.3 is 6.09 Å². The summed E-state index contributed by atoms with van der Waals surface area (Å²) in [5.41, 5.74) is 2.52. The molecule has 0 aliphatic heterocycles. The van der Waals surface area contributed by atoms with Crippen LogP contribution in [0.15, 0.2) is 23.6 Å². The van der Waals surface area contributed by atoms with Crippen LogP contribution in [0.3, 0.4) is 0 Å². The summed E-state index contributed by atoms with van der Waals surface area (Å²) in [4.78, 5) is 33.2. The van der Waals surface area contributed by atoms with E-state index < -0.39 is 6.09 Å². The Balaban J connectivity index is 1.81. The second-order valence-electron chi connectivity index (χ2n) is 5.77. The molecule has 3 N–H and O–H groups in total. The number of phenolic OH excluding ortho intramolecular Hbond substituents is 1. The number of alkyl carbamates (subject to hydrolysis) is 1. The Bertz CT molecular complexity index is 1050. The lowest BCUT2D eigenvalue weighted by Crippen LogP contribution is -2.22. The molecule has 2 aromatic heterocycles. The topological polar surface area (TPSA) is 113 Å². The molecule has 8 nitrogen and oxygen atoms in total. The van der Waals surface area contributed by atoms with Gasteiger partial charge in [0, 0.05) is 17.2 Å². The maximum absolute atomic E-state index is 11.9. The predicted molar refractivity (Wildman–Crippen MR) is 115 cm³/mol. The Morgan fingerprint density at radius 1 is 1.31 bits per heavy atom. The van der Waals surface area contributed by atoms with Gasteiger partial charge in [0.2, 0.25) is 0 Å². The van der Waals surface area contributed by atoms with Crippen LogP contribution >= 0.6 is 34.6 Å². The number of carbonyl (C=O) groups is 2. The molecule has 0 bridgehead atoms. The molecule has 11 heteroatoms. The van der Waals surface area contributed by atoms with Gasteiger partial charge in [-0.05, 0) is 19.1 Å². The summed E-state index contributed by atoms with van der Waals surface area (Å²) in [5, 5.41) is 16.2. The molecule has 0 atom stereocenters. The number of carbonyl (C=O) groups excluding carboxylic acids is 2. The van der Waals surface area contributed by atoms with Gasteiger partial charge in [-0.25, -0.2) is 14.8 Å². The van der Waals surface area contributed by atoms with Crippen molar-refractivity contribution < 1.29 is 19.4 Å². The SMILES string of the molecule is COC(=O)NCc1nc(C)c(-c2csc(-c3ccc(C(=O)NSC)c(O)c3)n2)s1. The number of hydrogen-bond acceptors (Lipinski definition) is 9. The molecule has 152 valence electrons. The highest BCUT2D eigenvalue weighted by molar-refractivity contribution is 7.97. The lowest BCUT2D eigenvalue weighted by atomic mass is 10.1. The maximum Gasteiger partial charge on any atom is 0.407 e. The number of nitrogens with one attached hydrogen (secondary N) is 2. The van der Waals surface area contributed by atoms with E-state index in [1.165, 1.54) is 47.8 Å². The fourth-order valence-corrected chi connectivity index (χ4v) is 4.64. The van der Waals surface area contributed by atoms with E-state index in [1.807, 2.05) is 12.3 Å². The van der Waals surface area contributed by atoms with Crippen molar-refractivity contribution in [2.75, 3.05) is 13.4 Å². The second kappa shape index (κ2) is 9.25. The van der Waals surface area contributed by atoms with Gasteiger partial charge in [0.15, 0.2) is 0 Å². The number of nitrogens with zero attached hydrogens (tertiary/aromatic N) is 2. The van der Waals surface area contributed by atoms with E-state index in [1.54, 1.807) is 18.4 Å². The van der Waals surface area contributed by atoms with Gasteiger partial charge in [0.1, 0.15) is 15.8 Å². The van der Waals surface area contributed by atoms with Crippen molar-refractivity contribution in [2.24, 2.45) is 0 Å². The lowest BCUT2D eigenvalue weighted by Gasteiger charge is -2.05. The van der Waals surface area contributed by atoms with E-state index in [0.29, 0.717) is 10.6 Å². The molecule has 0 saturated heterocycles. The van der Waals surface area contributed by atoms with Gasteiger partial charge in [0.25, 0.3) is 5.91 Å². The van der Waals surface area contributed by atoms with Crippen LogP contribution < -0.4 is 10.0 Å². The third kappa shape index (κ3) is 4.86. The molecule has 3 rings (SSSR count). The molecule has 0 spiro atoms. The molecule has 0 unspecified atom stereocenters. The van der Waals surface area contributed by atoms with Crippen molar-refractivity contribution in [2.45, 2.75) is 13.5 Å². The molecule has 0 fully saturated rings. The largest absolute Gasteiger partial charge is 0.507 e. The highest BCUT2D eigenvalue weighted by Crippen LogP contribution is 2.35. The van der Waals surface area contributed by atoms with Crippen LogP contribution in [0.4, 0.5) is 4.79 Å². The molecule has 2 amide bonds. The van der Waals surface area contributed by atoms with Crippen LogP contribution in [-0.2, 0) is 11.3 Å². The average Bonchev–Trinajstić information content (AvgIpc) is 3.32. The van der Waals surface area contributed by atoms with Crippen molar-refractivity contribution in [1.29, 1.82) is 0 Å². The van der Waals surface area contributed by atoms with Crippen LogP contribution in [0.2, 0.25) is 0 Å². The zero-order chi connectivity index (χ0) is 21.0. The van der Waals surface area contributed by atoms with E-state index in [-0.39, 0.29) is 23.8 Å². The predicted octanol–water partition coefficient (Wildman–Crippen LogP) is 3.81. The third-order valence-electron chi connectivity index (χ3n) is 3.83. The summed E-state index contributed by atoms with van der Waals surface area (Å²) in [5.74, 6) is -0.453. The normalized spacial score (nSPS) is 10.6. The molecule has 0 aliphatic carbocycles. The number of benzene rings is 1. The molecule has 1 aromatic carbocycles. The number of aromatic hydroxyl groups is 1. The van der Waals surface area contributed by atoms with Crippen LogP contribution in [0.25, 0.3) is 21.1 Å². The van der Waals surface area contributed by atoms with Crippen molar-refractivity contribution in [3.8, 4) is 26.9 Å². The van der Waals surface area contributed by atoms with Crippen molar-refractivity contribution in [3.05, 3.63) is 39.8 Å². The van der Waals surface area contributed by atoms with Gasteiger partial charge in [-0.1, -0.05) is 18.0 Å². The van der Waals surface area contributed by atoms with E-state index in [2.05, 4.69) is 24.7 Å².